The van der Waals surface area contributed by atoms with Gasteiger partial charge in [-0.3, -0.25) is 19.5 Å². The van der Waals surface area contributed by atoms with E-state index in [9.17, 15) is 14.0 Å². The van der Waals surface area contributed by atoms with Crippen LogP contribution in [0.5, 0.6) is 0 Å². The van der Waals surface area contributed by atoms with Crippen LogP contribution in [0.2, 0.25) is 0 Å². The molecule has 1 amide bonds. The van der Waals surface area contributed by atoms with Gasteiger partial charge in [-0.05, 0) is 37.5 Å². The molecule has 160 valence electrons. The maximum Gasteiger partial charge on any atom is 0.263 e. The molecule has 1 aromatic carbocycles. The zero-order chi connectivity index (χ0) is 22.1. The van der Waals surface area contributed by atoms with Crippen molar-refractivity contribution < 1.29 is 9.18 Å². The van der Waals surface area contributed by atoms with E-state index in [-0.39, 0.29) is 17.3 Å². The van der Waals surface area contributed by atoms with Gasteiger partial charge < -0.3 is 0 Å². The molecule has 4 rings (SSSR count). The number of nitrogens with zero attached hydrogens (tertiary/aromatic N) is 4. The van der Waals surface area contributed by atoms with Gasteiger partial charge in [0.15, 0.2) is 0 Å². The number of nitrogens with one attached hydrogen (secondary N) is 1. The Balaban J connectivity index is 1.77. The van der Waals surface area contributed by atoms with E-state index in [1.54, 1.807) is 12.1 Å². The van der Waals surface area contributed by atoms with Gasteiger partial charge in [-0.15, -0.1) is 21.5 Å². The first-order chi connectivity index (χ1) is 14.9. The zero-order valence-corrected chi connectivity index (χ0v) is 18.8. The molecule has 0 radical (unpaired) electrons. The summed E-state index contributed by atoms with van der Waals surface area (Å²) < 4.78 is 14.8. The van der Waals surface area contributed by atoms with E-state index in [2.05, 4.69) is 20.5 Å². The van der Waals surface area contributed by atoms with Crippen molar-refractivity contribution in [1.29, 1.82) is 0 Å². The molecule has 0 saturated heterocycles. The second kappa shape index (κ2) is 8.64. The number of rotatable bonds is 6. The number of fused-ring (bicyclic) bond motifs is 1. The lowest BCUT2D eigenvalue weighted by Crippen LogP contribution is -2.33. The highest BCUT2D eigenvalue weighted by molar-refractivity contribution is 7.19. The fraction of sp³-hybridized carbons (Fsp3) is 0.286. The van der Waals surface area contributed by atoms with Crippen molar-refractivity contribution >= 4 is 43.9 Å². The maximum atomic E-state index is 13.5. The van der Waals surface area contributed by atoms with E-state index in [1.807, 2.05) is 20.8 Å². The highest BCUT2D eigenvalue weighted by Gasteiger charge is 2.24. The van der Waals surface area contributed by atoms with Crippen LogP contribution >= 0.6 is 22.7 Å². The first kappa shape index (κ1) is 21.3. The average Bonchev–Trinajstić information content (AvgIpc) is 3.34. The van der Waals surface area contributed by atoms with E-state index in [1.165, 1.54) is 45.7 Å². The number of carbonyl (C=O) groups is 1. The summed E-state index contributed by atoms with van der Waals surface area (Å²) >= 11 is 2.71. The molecule has 0 spiro atoms. The second-order valence-corrected chi connectivity index (χ2v) is 9.21. The highest BCUT2D eigenvalue weighted by atomic mass is 32.1. The number of halogens is 1. The quantitative estimate of drug-likeness (QED) is 0.458. The molecule has 10 heteroatoms. The van der Waals surface area contributed by atoms with Gasteiger partial charge in [0.2, 0.25) is 11.0 Å². The second-order valence-electron chi connectivity index (χ2n) is 6.95. The Morgan fingerprint density at radius 1 is 1.19 bits per heavy atom. The first-order valence-electron chi connectivity index (χ1n) is 9.82. The number of aryl methyl sites for hydroxylation is 2. The molecule has 0 aliphatic rings. The third-order valence-electron chi connectivity index (χ3n) is 4.97. The van der Waals surface area contributed by atoms with E-state index >= 15 is 0 Å². The molecule has 0 bridgehead atoms. The summed E-state index contributed by atoms with van der Waals surface area (Å²) in [5.74, 6) is -0.693. The summed E-state index contributed by atoms with van der Waals surface area (Å²) in [5.41, 5.74) is 1.15. The van der Waals surface area contributed by atoms with Crippen LogP contribution in [0.15, 0.2) is 35.4 Å². The number of carbonyl (C=O) groups excluding carboxylic acids is 1. The predicted octanol–water partition coefficient (Wildman–Crippen LogP) is 4.58. The SMILES string of the molecule is CCc1nnc(NC(=O)C(CC)n2cnc3sc(C)c(-c4ccc(F)cc4)c3c2=O)s1. The van der Waals surface area contributed by atoms with Crippen molar-refractivity contribution in [2.24, 2.45) is 0 Å². The minimum Gasteiger partial charge on any atom is -0.299 e. The Hall–Kier alpha value is -2.98. The van der Waals surface area contributed by atoms with Gasteiger partial charge in [0.1, 0.15) is 21.7 Å². The zero-order valence-electron chi connectivity index (χ0n) is 17.2. The van der Waals surface area contributed by atoms with Gasteiger partial charge in [-0.2, -0.15) is 0 Å². The molecule has 3 aromatic heterocycles. The number of benzene rings is 1. The molecule has 31 heavy (non-hydrogen) atoms. The lowest BCUT2D eigenvalue weighted by Gasteiger charge is -2.16. The third kappa shape index (κ3) is 4.00. The van der Waals surface area contributed by atoms with Crippen molar-refractivity contribution in [3.63, 3.8) is 0 Å². The minimum atomic E-state index is -0.750. The number of thiophene rings is 1. The summed E-state index contributed by atoms with van der Waals surface area (Å²) in [5, 5.41) is 12.4. The highest BCUT2D eigenvalue weighted by Crippen LogP contribution is 2.35. The molecular weight excluding hydrogens is 437 g/mol. The molecule has 7 nitrogen and oxygen atoms in total. The molecule has 1 unspecified atom stereocenters. The van der Waals surface area contributed by atoms with Gasteiger partial charge in [-0.25, -0.2) is 9.37 Å². The predicted molar refractivity (Wildman–Crippen MR) is 121 cm³/mol. The van der Waals surface area contributed by atoms with Gasteiger partial charge in [0.25, 0.3) is 5.56 Å². The fourth-order valence-electron chi connectivity index (χ4n) is 3.45. The Bertz CT molecular complexity index is 1310. The summed E-state index contributed by atoms with van der Waals surface area (Å²) in [6.45, 7) is 5.70. The molecule has 3 heterocycles. The van der Waals surface area contributed by atoms with Crippen LogP contribution in [0.25, 0.3) is 21.3 Å². The molecule has 0 fully saturated rings. The van der Waals surface area contributed by atoms with E-state index < -0.39 is 6.04 Å². The van der Waals surface area contributed by atoms with Crippen molar-refractivity contribution in [3.8, 4) is 11.1 Å². The normalized spacial score (nSPS) is 12.3. The summed E-state index contributed by atoms with van der Waals surface area (Å²) in [4.78, 5) is 32.3. The van der Waals surface area contributed by atoms with Crippen LogP contribution in [0, 0.1) is 12.7 Å². The number of hydrogen-bond donors (Lipinski definition) is 1. The topological polar surface area (TPSA) is 89.8 Å². The van der Waals surface area contributed by atoms with Crippen molar-refractivity contribution in [1.82, 2.24) is 19.7 Å². The smallest absolute Gasteiger partial charge is 0.263 e. The van der Waals surface area contributed by atoms with Crippen LogP contribution in [-0.2, 0) is 11.2 Å². The lowest BCUT2D eigenvalue weighted by atomic mass is 10.0. The first-order valence-corrected chi connectivity index (χ1v) is 11.5. The minimum absolute atomic E-state index is 0.304. The number of amides is 1. The molecular formula is C21H20FN5O2S2. The third-order valence-corrected chi connectivity index (χ3v) is 6.97. The van der Waals surface area contributed by atoms with Crippen molar-refractivity contribution in [2.75, 3.05) is 5.32 Å². The number of anilines is 1. The van der Waals surface area contributed by atoms with Crippen molar-refractivity contribution in [3.05, 3.63) is 56.6 Å². The Morgan fingerprint density at radius 3 is 2.58 bits per heavy atom. The van der Waals surface area contributed by atoms with Crippen LogP contribution in [0.3, 0.4) is 0 Å². The standard InChI is InChI=1S/C21H20FN5O2S2/c1-4-14(18(28)24-21-26-25-15(5-2)31-21)27-10-23-19-17(20(27)29)16(11(3)30-19)12-6-8-13(22)9-7-12/h6-10,14H,4-5H2,1-3H3,(H,24,26,28). The Kier molecular flexibility index (Phi) is 5.92. The largest absolute Gasteiger partial charge is 0.299 e. The Labute approximate surface area is 185 Å². The molecule has 0 aliphatic heterocycles. The summed E-state index contributed by atoms with van der Waals surface area (Å²) in [7, 11) is 0. The summed E-state index contributed by atoms with van der Waals surface area (Å²) in [6, 6.07) is 5.26. The Morgan fingerprint density at radius 2 is 1.94 bits per heavy atom. The van der Waals surface area contributed by atoms with E-state index in [0.717, 1.165) is 27.4 Å². The van der Waals surface area contributed by atoms with Crippen LogP contribution < -0.4 is 10.9 Å². The molecule has 0 saturated carbocycles. The van der Waals surface area contributed by atoms with Crippen molar-refractivity contribution in [2.45, 2.75) is 39.7 Å². The monoisotopic (exact) mass is 457 g/mol. The lowest BCUT2D eigenvalue weighted by molar-refractivity contribution is -0.119. The van der Waals surface area contributed by atoms with E-state index in [0.29, 0.717) is 21.8 Å². The summed E-state index contributed by atoms with van der Waals surface area (Å²) in [6.07, 6.45) is 2.54. The molecule has 4 aromatic rings. The van der Waals surface area contributed by atoms with Gasteiger partial charge in [-0.1, -0.05) is 37.3 Å². The van der Waals surface area contributed by atoms with Gasteiger partial charge >= 0.3 is 0 Å². The van der Waals surface area contributed by atoms with Crippen LogP contribution in [0.4, 0.5) is 9.52 Å². The van der Waals surface area contributed by atoms with Gasteiger partial charge in [0, 0.05) is 10.4 Å². The van der Waals surface area contributed by atoms with Crippen LogP contribution in [-0.4, -0.2) is 25.7 Å². The van der Waals surface area contributed by atoms with Crippen LogP contribution in [0.1, 0.15) is 36.2 Å². The number of aromatic nitrogens is 4. The molecule has 0 aliphatic carbocycles. The van der Waals surface area contributed by atoms with E-state index in [4.69, 9.17) is 0 Å². The maximum absolute atomic E-state index is 13.5. The van der Waals surface area contributed by atoms with Gasteiger partial charge in [0.05, 0.1) is 11.7 Å². The average molecular weight is 458 g/mol. The fourth-order valence-corrected chi connectivity index (χ4v) is 5.13. The number of hydrogen-bond acceptors (Lipinski definition) is 7. The molecule has 1 atom stereocenters. The molecule has 1 N–H and O–H groups in total.